The Hall–Kier alpha value is -1.52. The van der Waals surface area contributed by atoms with Gasteiger partial charge in [0.1, 0.15) is 5.60 Å². The molecule has 1 atom stereocenters. The summed E-state index contributed by atoms with van der Waals surface area (Å²) in [6.45, 7) is 14.4. The van der Waals surface area contributed by atoms with Gasteiger partial charge in [0.25, 0.3) is 0 Å². The van der Waals surface area contributed by atoms with Crippen LogP contribution < -0.4 is 0 Å². The maximum absolute atomic E-state index is 12.4. The van der Waals surface area contributed by atoms with E-state index in [0.717, 1.165) is 5.57 Å². The number of rotatable bonds is 2. The van der Waals surface area contributed by atoms with Crippen LogP contribution in [0.5, 0.6) is 0 Å². The lowest BCUT2D eigenvalue weighted by atomic mass is 9.82. The minimum absolute atomic E-state index is 0.160. The largest absolute Gasteiger partial charge is 0.463 e. The highest BCUT2D eigenvalue weighted by molar-refractivity contribution is 5.83. The standard InChI is InChI=1S/C17H29NO4/c1-8-21-13(19)11-12-9-10-18(14(12)16(2,3)4)15(20)22-17(5,6)7/h11,14H,8-10H2,1-7H3. The number of likely N-dealkylation sites (tertiary alicyclic amines) is 1. The lowest BCUT2D eigenvalue weighted by molar-refractivity contribution is -0.137. The average Bonchev–Trinajstić information content (AvgIpc) is 2.70. The quantitative estimate of drug-likeness (QED) is 0.578. The van der Waals surface area contributed by atoms with Gasteiger partial charge in [-0.3, -0.25) is 0 Å². The Kier molecular flexibility index (Phi) is 5.65. The maximum atomic E-state index is 12.4. The van der Waals surface area contributed by atoms with Gasteiger partial charge in [-0.1, -0.05) is 20.8 Å². The first-order chi connectivity index (χ1) is 9.95. The van der Waals surface area contributed by atoms with Gasteiger partial charge in [0.05, 0.1) is 12.6 Å². The predicted octanol–water partition coefficient (Wildman–Crippen LogP) is 3.53. The van der Waals surface area contributed by atoms with Gasteiger partial charge >= 0.3 is 12.1 Å². The predicted molar refractivity (Wildman–Crippen MR) is 85.5 cm³/mol. The van der Waals surface area contributed by atoms with Gasteiger partial charge in [0, 0.05) is 12.6 Å². The molecule has 1 heterocycles. The van der Waals surface area contributed by atoms with Gasteiger partial charge in [-0.05, 0) is 45.1 Å². The third-order valence-corrected chi connectivity index (χ3v) is 3.34. The number of nitrogens with zero attached hydrogens (tertiary/aromatic N) is 1. The zero-order valence-corrected chi connectivity index (χ0v) is 14.9. The van der Waals surface area contributed by atoms with E-state index in [2.05, 4.69) is 20.8 Å². The summed E-state index contributed by atoms with van der Waals surface area (Å²) in [4.78, 5) is 25.9. The molecule has 0 radical (unpaired) electrons. The van der Waals surface area contributed by atoms with E-state index in [-0.39, 0.29) is 23.5 Å². The lowest BCUT2D eigenvalue weighted by Gasteiger charge is -2.36. The van der Waals surface area contributed by atoms with Crippen LogP contribution in [-0.2, 0) is 14.3 Å². The molecule has 22 heavy (non-hydrogen) atoms. The second kappa shape index (κ2) is 6.71. The Bertz CT molecular complexity index is 454. The molecule has 1 amide bonds. The fourth-order valence-electron chi connectivity index (χ4n) is 2.74. The lowest BCUT2D eigenvalue weighted by Crippen LogP contribution is -2.46. The van der Waals surface area contributed by atoms with Crippen LogP contribution in [0.4, 0.5) is 4.79 Å². The van der Waals surface area contributed by atoms with Gasteiger partial charge in [-0.2, -0.15) is 0 Å². The van der Waals surface area contributed by atoms with Crippen molar-refractivity contribution in [1.29, 1.82) is 0 Å². The summed E-state index contributed by atoms with van der Waals surface area (Å²) in [6.07, 6.45) is 1.86. The van der Waals surface area contributed by atoms with Gasteiger partial charge < -0.3 is 14.4 Å². The minimum atomic E-state index is -0.535. The van der Waals surface area contributed by atoms with E-state index in [4.69, 9.17) is 9.47 Å². The highest BCUT2D eigenvalue weighted by Gasteiger charge is 2.42. The summed E-state index contributed by atoms with van der Waals surface area (Å²) in [5.41, 5.74) is 0.204. The van der Waals surface area contributed by atoms with Gasteiger partial charge in [-0.15, -0.1) is 0 Å². The molecule has 0 aromatic carbocycles. The van der Waals surface area contributed by atoms with E-state index >= 15 is 0 Å². The molecule has 0 aromatic rings. The molecule has 5 heteroatoms. The van der Waals surface area contributed by atoms with Crippen LogP contribution in [0.3, 0.4) is 0 Å². The number of hydrogen-bond donors (Lipinski definition) is 0. The molecule has 0 spiro atoms. The van der Waals surface area contributed by atoms with Gasteiger partial charge in [0.15, 0.2) is 0 Å². The minimum Gasteiger partial charge on any atom is -0.463 e. The Morgan fingerprint density at radius 1 is 1.23 bits per heavy atom. The zero-order chi connectivity index (χ0) is 17.1. The van der Waals surface area contributed by atoms with E-state index in [1.807, 2.05) is 20.8 Å². The molecule has 0 aliphatic carbocycles. The van der Waals surface area contributed by atoms with Crippen molar-refractivity contribution in [3.05, 3.63) is 11.6 Å². The van der Waals surface area contributed by atoms with E-state index in [1.54, 1.807) is 11.8 Å². The molecule has 0 bridgehead atoms. The zero-order valence-electron chi connectivity index (χ0n) is 14.9. The van der Waals surface area contributed by atoms with Crippen molar-refractivity contribution in [2.24, 2.45) is 5.41 Å². The van der Waals surface area contributed by atoms with Crippen LogP contribution in [0, 0.1) is 5.41 Å². The highest BCUT2D eigenvalue weighted by atomic mass is 16.6. The number of carbonyl (C=O) groups is 2. The summed E-state index contributed by atoms with van der Waals surface area (Å²) in [5, 5.41) is 0. The molecule has 0 aromatic heterocycles. The fourth-order valence-corrected chi connectivity index (χ4v) is 2.74. The number of ether oxygens (including phenoxy) is 2. The second-order valence-corrected chi connectivity index (χ2v) is 7.66. The summed E-state index contributed by atoms with van der Waals surface area (Å²) < 4.78 is 10.5. The molecule has 126 valence electrons. The first kappa shape index (κ1) is 18.5. The number of amides is 1. The number of esters is 1. The van der Waals surface area contributed by atoms with E-state index in [9.17, 15) is 9.59 Å². The molecule has 0 N–H and O–H groups in total. The summed E-state index contributed by atoms with van der Waals surface area (Å²) >= 11 is 0. The van der Waals surface area contributed by atoms with Crippen molar-refractivity contribution in [2.45, 2.75) is 66.5 Å². The molecular weight excluding hydrogens is 282 g/mol. The van der Waals surface area contributed by atoms with Crippen molar-refractivity contribution in [3.63, 3.8) is 0 Å². The van der Waals surface area contributed by atoms with Gasteiger partial charge in [0.2, 0.25) is 0 Å². The van der Waals surface area contributed by atoms with Crippen LogP contribution in [0.15, 0.2) is 11.6 Å². The van der Waals surface area contributed by atoms with Crippen molar-refractivity contribution in [2.75, 3.05) is 13.2 Å². The normalized spacial score (nSPS) is 21.1. The second-order valence-electron chi connectivity index (χ2n) is 7.66. The van der Waals surface area contributed by atoms with Crippen molar-refractivity contribution < 1.29 is 19.1 Å². The third kappa shape index (κ3) is 5.04. The Morgan fingerprint density at radius 3 is 2.27 bits per heavy atom. The van der Waals surface area contributed by atoms with Gasteiger partial charge in [-0.25, -0.2) is 9.59 Å². The first-order valence-electron chi connectivity index (χ1n) is 7.82. The first-order valence-corrected chi connectivity index (χ1v) is 7.82. The van der Waals surface area contributed by atoms with Crippen LogP contribution in [-0.4, -0.2) is 41.8 Å². The molecule has 1 aliphatic rings. The smallest absolute Gasteiger partial charge is 0.410 e. The molecule has 1 fully saturated rings. The third-order valence-electron chi connectivity index (χ3n) is 3.34. The Labute approximate surface area is 133 Å². The average molecular weight is 311 g/mol. The summed E-state index contributed by atoms with van der Waals surface area (Å²) in [6, 6.07) is -0.160. The van der Waals surface area contributed by atoms with E-state index in [1.165, 1.54) is 6.08 Å². The van der Waals surface area contributed by atoms with Crippen LogP contribution >= 0.6 is 0 Å². The van der Waals surface area contributed by atoms with Crippen LogP contribution in [0.25, 0.3) is 0 Å². The van der Waals surface area contributed by atoms with Crippen LogP contribution in [0.1, 0.15) is 54.9 Å². The molecular formula is C17H29NO4. The summed E-state index contributed by atoms with van der Waals surface area (Å²) in [5.74, 6) is -0.349. The SMILES string of the molecule is CCOC(=O)C=C1CCN(C(=O)OC(C)(C)C)C1C(C)(C)C. The number of carbonyl (C=O) groups excluding carboxylic acids is 2. The molecule has 1 rings (SSSR count). The molecule has 1 saturated heterocycles. The monoisotopic (exact) mass is 311 g/mol. The van der Waals surface area contributed by atoms with E-state index < -0.39 is 5.60 Å². The Balaban J connectivity index is 3.02. The van der Waals surface area contributed by atoms with Crippen LogP contribution in [0.2, 0.25) is 0 Å². The highest BCUT2D eigenvalue weighted by Crippen LogP contribution is 2.37. The Morgan fingerprint density at radius 2 is 1.82 bits per heavy atom. The van der Waals surface area contributed by atoms with Crippen molar-refractivity contribution >= 4 is 12.1 Å². The molecule has 5 nitrogen and oxygen atoms in total. The summed E-state index contributed by atoms with van der Waals surface area (Å²) in [7, 11) is 0. The molecule has 1 aliphatic heterocycles. The topological polar surface area (TPSA) is 55.8 Å². The van der Waals surface area contributed by atoms with Crippen molar-refractivity contribution in [1.82, 2.24) is 4.90 Å². The maximum Gasteiger partial charge on any atom is 0.410 e. The van der Waals surface area contributed by atoms with E-state index in [0.29, 0.717) is 19.6 Å². The fraction of sp³-hybridized carbons (Fsp3) is 0.765. The van der Waals surface area contributed by atoms with Crippen molar-refractivity contribution in [3.8, 4) is 0 Å². The molecule has 0 saturated carbocycles. The number of hydrogen-bond acceptors (Lipinski definition) is 4. The molecule has 1 unspecified atom stereocenters.